The molecule has 0 saturated carbocycles. The molecule has 19 heavy (non-hydrogen) atoms. The predicted octanol–water partition coefficient (Wildman–Crippen LogP) is 0.770. The molecule has 6 nitrogen and oxygen atoms in total. The van der Waals surface area contributed by atoms with Crippen LogP contribution in [0.15, 0.2) is 24.3 Å². The van der Waals surface area contributed by atoms with Crippen LogP contribution in [0.1, 0.15) is 6.92 Å². The average molecular weight is 289 g/mol. The van der Waals surface area contributed by atoms with Crippen LogP contribution < -0.4 is 9.64 Å². The molecule has 1 rings (SSSR count). The number of aliphatic hydroxyl groups is 1. The van der Waals surface area contributed by atoms with E-state index in [0.717, 1.165) is 11.4 Å². The number of aliphatic hydroxyl groups excluding tert-OH is 1. The lowest BCUT2D eigenvalue weighted by Gasteiger charge is -2.25. The van der Waals surface area contributed by atoms with E-state index in [1.165, 1.54) is 0 Å². The Balaban J connectivity index is 2.71. The zero-order chi connectivity index (χ0) is 14.5. The van der Waals surface area contributed by atoms with Crippen LogP contribution in [-0.2, 0) is 10.1 Å². The normalized spacial score (nSPS) is 13.1. The van der Waals surface area contributed by atoms with Crippen LogP contribution in [0.3, 0.4) is 0 Å². The third kappa shape index (κ3) is 5.46. The van der Waals surface area contributed by atoms with Gasteiger partial charge in [0.1, 0.15) is 11.5 Å². The summed E-state index contributed by atoms with van der Waals surface area (Å²) < 4.78 is 35.1. The van der Waals surface area contributed by atoms with Gasteiger partial charge in [0.2, 0.25) is 0 Å². The highest BCUT2D eigenvalue weighted by molar-refractivity contribution is 7.85. The summed E-state index contributed by atoms with van der Waals surface area (Å²) in [7, 11) is -2.59. The van der Waals surface area contributed by atoms with Gasteiger partial charge < -0.3 is 14.7 Å². The second-order valence-corrected chi connectivity index (χ2v) is 5.64. The minimum absolute atomic E-state index is 0.128. The van der Waals surface area contributed by atoms with E-state index >= 15 is 0 Å². The van der Waals surface area contributed by atoms with Crippen molar-refractivity contribution in [3.63, 3.8) is 0 Å². The van der Waals surface area contributed by atoms with Crippen molar-refractivity contribution in [2.24, 2.45) is 0 Å². The molecule has 0 radical (unpaired) electrons. The largest absolute Gasteiger partial charge is 0.497 e. The summed E-state index contributed by atoms with van der Waals surface area (Å²) in [5.74, 6) is 0.0536. The summed E-state index contributed by atoms with van der Waals surface area (Å²) in [5, 5.41) is 9.64. The molecule has 1 aromatic rings. The zero-order valence-corrected chi connectivity index (χ0v) is 11.8. The van der Waals surface area contributed by atoms with Crippen molar-refractivity contribution < 1.29 is 22.8 Å². The van der Waals surface area contributed by atoms with E-state index in [9.17, 15) is 13.5 Å². The molecule has 108 valence electrons. The Hall–Kier alpha value is -1.31. The average Bonchev–Trinajstić information content (AvgIpc) is 2.34. The standard InChI is InChI=1S/C12H19NO5S/c1-3-13(8-11(14)9-19(15,16)17)10-4-6-12(18-2)7-5-10/h4-7,11,14H,3,8-9H2,1-2H3,(H,15,16,17). The van der Waals surface area contributed by atoms with Crippen LogP contribution in [0.4, 0.5) is 5.69 Å². The second kappa shape index (κ2) is 6.74. The molecule has 1 unspecified atom stereocenters. The first-order chi connectivity index (χ1) is 8.85. The van der Waals surface area contributed by atoms with Gasteiger partial charge >= 0.3 is 0 Å². The molecule has 0 aliphatic heterocycles. The molecule has 2 N–H and O–H groups in total. The number of rotatable bonds is 7. The maximum absolute atomic E-state index is 10.7. The Morgan fingerprint density at radius 1 is 1.32 bits per heavy atom. The van der Waals surface area contributed by atoms with Crippen LogP contribution in [0.2, 0.25) is 0 Å². The molecular formula is C12H19NO5S. The summed E-state index contributed by atoms with van der Waals surface area (Å²) in [6.07, 6.45) is -1.14. The molecule has 1 aromatic carbocycles. The fourth-order valence-electron chi connectivity index (χ4n) is 1.76. The molecule has 0 aromatic heterocycles. The van der Waals surface area contributed by atoms with Crippen molar-refractivity contribution in [3.05, 3.63) is 24.3 Å². The van der Waals surface area contributed by atoms with Gasteiger partial charge in [0, 0.05) is 18.8 Å². The smallest absolute Gasteiger partial charge is 0.267 e. The van der Waals surface area contributed by atoms with Crippen LogP contribution >= 0.6 is 0 Å². The quantitative estimate of drug-likeness (QED) is 0.721. The van der Waals surface area contributed by atoms with Gasteiger partial charge in [-0.05, 0) is 31.2 Å². The maximum atomic E-state index is 10.7. The van der Waals surface area contributed by atoms with E-state index < -0.39 is 22.0 Å². The lowest BCUT2D eigenvalue weighted by Crippen LogP contribution is -2.36. The Morgan fingerprint density at radius 3 is 2.32 bits per heavy atom. The fourth-order valence-corrected chi connectivity index (χ4v) is 2.35. The number of benzene rings is 1. The highest BCUT2D eigenvalue weighted by Crippen LogP contribution is 2.19. The highest BCUT2D eigenvalue weighted by atomic mass is 32.2. The van der Waals surface area contributed by atoms with Gasteiger partial charge in [0.05, 0.1) is 13.2 Å². The number of anilines is 1. The Labute approximate surface area is 113 Å². The summed E-state index contributed by atoms with van der Waals surface area (Å²) in [5.41, 5.74) is 0.845. The van der Waals surface area contributed by atoms with E-state index in [2.05, 4.69) is 0 Å². The number of likely N-dealkylation sites (N-methyl/N-ethyl adjacent to an activating group) is 1. The molecule has 0 fully saturated rings. The minimum atomic E-state index is -4.17. The molecule has 1 atom stereocenters. The first-order valence-corrected chi connectivity index (χ1v) is 7.49. The summed E-state index contributed by atoms with van der Waals surface area (Å²) >= 11 is 0. The van der Waals surface area contributed by atoms with Gasteiger partial charge in [-0.2, -0.15) is 8.42 Å². The molecule has 0 saturated heterocycles. The van der Waals surface area contributed by atoms with E-state index in [1.54, 1.807) is 19.2 Å². The number of hydrogen-bond donors (Lipinski definition) is 2. The lowest BCUT2D eigenvalue weighted by atomic mass is 10.2. The van der Waals surface area contributed by atoms with E-state index in [1.807, 2.05) is 24.0 Å². The van der Waals surface area contributed by atoms with Crippen molar-refractivity contribution in [1.82, 2.24) is 0 Å². The topological polar surface area (TPSA) is 87.1 Å². The molecule has 0 aliphatic carbocycles. The first kappa shape index (κ1) is 15.7. The van der Waals surface area contributed by atoms with Crippen molar-refractivity contribution >= 4 is 15.8 Å². The third-order valence-electron chi connectivity index (χ3n) is 2.65. The molecular weight excluding hydrogens is 270 g/mol. The predicted molar refractivity (Wildman–Crippen MR) is 73.3 cm³/mol. The van der Waals surface area contributed by atoms with Crippen molar-refractivity contribution in [3.8, 4) is 5.75 Å². The Kier molecular flexibility index (Phi) is 5.59. The number of ether oxygens (including phenoxy) is 1. The van der Waals surface area contributed by atoms with Crippen molar-refractivity contribution in [1.29, 1.82) is 0 Å². The van der Waals surface area contributed by atoms with Gasteiger partial charge in [-0.25, -0.2) is 0 Å². The molecule has 0 heterocycles. The van der Waals surface area contributed by atoms with E-state index in [4.69, 9.17) is 9.29 Å². The minimum Gasteiger partial charge on any atom is -0.497 e. The monoisotopic (exact) mass is 289 g/mol. The molecule has 0 amide bonds. The third-order valence-corrected chi connectivity index (χ3v) is 3.46. The molecule has 0 bridgehead atoms. The Morgan fingerprint density at radius 2 is 1.89 bits per heavy atom. The van der Waals surface area contributed by atoms with Crippen LogP contribution in [0.5, 0.6) is 5.75 Å². The number of nitrogens with zero attached hydrogens (tertiary/aromatic N) is 1. The molecule has 7 heteroatoms. The van der Waals surface area contributed by atoms with Crippen LogP contribution in [0.25, 0.3) is 0 Å². The Bertz CT molecular complexity index is 485. The van der Waals surface area contributed by atoms with Gasteiger partial charge in [-0.15, -0.1) is 0 Å². The summed E-state index contributed by atoms with van der Waals surface area (Å²) in [6.45, 7) is 2.63. The molecule has 0 spiro atoms. The van der Waals surface area contributed by atoms with Crippen molar-refractivity contribution in [2.45, 2.75) is 13.0 Å². The zero-order valence-electron chi connectivity index (χ0n) is 11.0. The lowest BCUT2D eigenvalue weighted by molar-refractivity contribution is 0.200. The van der Waals surface area contributed by atoms with E-state index in [-0.39, 0.29) is 6.54 Å². The fraction of sp³-hybridized carbons (Fsp3) is 0.500. The van der Waals surface area contributed by atoms with Gasteiger partial charge in [0.15, 0.2) is 0 Å². The number of methoxy groups -OCH3 is 1. The second-order valence-electron chi connectivity index (χ2n) is 4.14. The summed E-state index contributed by atoms with van der Waals surface area (Å²) in [6, 6.07) is 7.21. The highest BCUT2D eigenvalue weighted by Gasteiger charge is 2.17. The van der Waals surface area contributed by atoms with Gasteiger partial charge in [0.25, 0.3) is 10.1 Å². The van der Waals surface area contributed by atoms with Gasteiger partial charge in [-0.1, -0.05) is 0 Å². The first-order valence-electron chi connectivity index (χ1n) is 5.88. The molecule has 0 aliphatic rings. The summed E-state index contributed by atoms with van der Waals surface area (Å²) in [4.78, 5) is 1.81. The number of hydrogen-bond acceptors (Lipinski definition) is 5. The van der Waals surface area contributed by atoms with Gasteiger partial charge in [-0.3, -0.25) is 4.55 Å². The van der Waals surface area contributed by atoms with Crippen LogP contribution in [-0.4, -0.2) is 50.1 Å². The van der Waals surface area contributed by atoms with Crippen molar-refractivity contribution in [2.75, 3.05) is 30.9 Å². The SMILES string of the molecule is CCN(CC(O)CS(=O)(=O)O)c1ccc(OC)cc1. The maximum Gasteiger partial charge on any atom is 0.267 e. The van der Waals surface area contributed by atoms with E-state index in [0.29, 0.717) is 6.54 Å². The van der Waals surface area contributed by atoms with Crippen LogP contribution in [0, 0.1) is 0 Å².